The van der Waals surface area contributed by atoms with Crippen molar-refractivity contribution >= 4 is 28.5 Å². The number of fused-ring (bicyclic) bond motifs is 1. The number of alkyl halides is 3. The second kappa shape index (κ2) is 9.84. The number of hydrogen-bond acceptors (Lipinski definition) is 6. The number of aromatic nitrogens is 2. The molecule has 1 saturated heterocycles. The van der Waals surface area contributed by atoms with Crippen molar-refractivity contribution in [2.24, 2.45) is 0 Å². The smallest absolute Gasteiger partial charge is 0.358 e. The van der Waals surface area contributed by atoms with Crippen LogP contribution in [0, 0.1) is 0 Å². The maximum Gasteiger partial charge on any atom is 0.416 e. The minimum atomic E-state index is -4.50. The van der Waals surface area contributed by atoms with Crippen LogP contribution in [0.15, 0.2) is 24.5 Å². The second-order valence-electron chi connectivity index (χ2n) is 10.7. The maximum absolute atomic E-state index is 13.4. The first-order valence-electron chi connectivity index (χ1n) is 12.3. The van der Waals surface area contributed by atoms with Gasteiger partial charge in [0.15, 0.2) is 0 Å². The van der Waals surface area contributed by atoms with Gasteiger partial charge in [-0.3, -0.25) is 9.59 Å². The Morgan fingerprint density at radius 2 is 1.86 bits per heavy atom. The minimum absolute atomic E-state index is 0.0664. The fourth-order valence-corrected chi connectivity index (χ4v) is 5.37. The van der Waals surface area contributed by atoms with E-state index in [9.17, 15) is 22.8 Å². The average Bonchev–Trinajstić information content (AvgIpc) is 3.11. The molecule has 196 valence electrons. The van der Waals surface area contributed by atoms with Crippen LogP contribution in [0.25, 0.3) is 10.9 Å². The number of anilines is 1. The predicted octanol–water partition coefficient (Wildman–Crippen LogP) is 3.48. The Kier molecular flexibility index (Phi) is 7.14. The van der Waals surface area contributed by atoms with E-state index in [0.717, 1.165) is 25.0 Å². The van der Waals surface area contributed by atoms with Crippen LogP contribution in [-0.2, 0) is 15.8 Å². The summed E-state index contributed by atoms with van der Waals surface area (Å²) in [4.78, 5) is 35.4. The summed E-state index contributed by atoms with van der Waals surface area (Å²) in [5.74, 6) is -0.0882. The predicted molar refractivity (Wildman–Crippen MR) is 130 cm³/mol. The van der Waals surface area contributed by atoms with Gasteiger partial charge in [0.25, 0.3) is 0 Å². The molecule has 2 amide bonds. The van der Waals surface area contributed by atoms with Crippen LogP contribution >= 0.6 is 0 Å². The zero-order valence-corrected chi connectivity index (χ0v) is 20.9. The molecular formula is C25H33F3N6O2. The first-order chi connectivity index (χ1) is 16.8. The Morgan fingerprint density at radius 1 is 1.11 bits per heavy atom. The van der Waals surface area contributed by atoms with Gasteiger partial charge in [0.2, 0.25) is 11.8 Å². The highest BCUT2D eigenvalue weighted by molar-refractivity contribution is 5.93. The van der Waals surface area contributed by atoms with Gasteiger partial charge in [0.1, 0.15) is 18.2 Å². The van der Waals surface area contributed by atoms with Gasteiger partial charge < -0.3 is 20.9 Å². The summed E-state index contributed by atoms with van der Waals surface area (Å²) in [6.45, 7) is 8.26. The molecule has 0 spiro atoms. The van der Waals surface area contributed by atoms with Crippen LogP contribution in [0.5, 0.6) is 0 Å². The van der Waals surface area contributed by atoms with E-state index in [1.807, 2.05) is 0 Å². The summed E-state index contributed by atoms with van der Waals surface area (Å²) < 4.78 is 39.8. The Morgan fingerprint density at radius 3 is 2.53 bits per heavy atom. The zero-order valence-electron chi connectivity index (χ0n) is 20.9. The monoisotopic (exact) mass is 506 g/mol. The first kappa shape index (κ1) is 26.1. The van der Waals surface area contributed by atoms with Crippen molar-refractivity contribution in [3.05, 3.63) is 30.1 Å². The van der Waals surface area contributed by atoms with Gasteiger partial charge in [-0.1, -0.05) is 0 Å². The number of hydrogen-bond donors (Lipinski definition) is 3. The van der Waals surface area contributed by atoms with Crippen LogP contribution in [0.4, 0.5) is 19.0 Å². The molecule has 36 heavy (non-hydrogen) atoms. The number of carbonyl (C=O) groups is 2. The first-order valence-corrected chi connectivity index (χ1v) is 12.3. The minimum Gasteiger partial charge on any atom is -0.358 e. The average molecular weight is 507 g/mol. The Bertz CT molecular complexity index is 1130. The van der Waals surface area contributed by atoms with Gasteiger partial charge in [-0.15, -0.1) is 0 Å². The van der Waals surface area contributed by atoms with Crippen LogP contribution in [-0.4, -0.2) is 62.9 Å². The van der Waals surface area contributed by atoms with Crippen molar-refractivity contribution in [1.29, 1.82) is 0 Å². The summed E-state index contributed by atoms with van der Waals surface area (Å²) in [6, 6.07) is 2.55. The molecule has 2 heterocycles. The number of amides is 2. The quantitative estimate of drug-likeness (QED) is 0.575. The molecule has 1 aromatic carbocycles. The van der Waals surface area contributed by atoms with Gasteiger partial charge in [-0.2, -0.15) is 13.2 Å². The second-order valence-corrected chi connectivity index (χ2v) is 10.7. The van der Waals surface area contributed by atoms with Crippen molar-refractivity contribution in [2.75, 3.05) is 11.9 Å². The van der Waals surface area contributed by atoms with Crippen LogP contribution < -0.4 is 16.0 Å². The highest BCUT2D eigenvalue weighted by atomic mass is 19.4. The zero-order chi connectivity index (χ0) is 26.3. The molecule has 11 heteroatoms. The van der Waals surface area contributed by atoms with E-state index in [1.165, 1.54) is 19.3 Å². The number of rotatable bonds is 5. The number of nitrogens with one attached hydrogen (secondary N) is 3. The lowest BCUT2D eigenvalue weighted by Crippen LogP contribution is -2.59. The van der Waals surface area contributed by atoms with Crippen molar-refractivity contribution < 1.29 is 22.8 Å². The number of likely N-dealkylation sites (tertiary alicyclic amines) is 1. The lowest BCUT2D eigenvalue weighted by molar-refractivity contribution is -0.137. The van der Waals surface area contributed by atoms with Crippen LogP contribution in [0.3, 0.4) is 0 Å². The molecule has 0 bridgehead atoms. The molecule has 3 N–H and O–H groups in total. The summed E-state index contributed by atoms with van der Waals surface area (Å²) in [6.07, 6.45) is -0.429. The molecule has 1 aliphatic heterocycles. The lowest BCUT2D eigenvalue weighted by atomic mass is 9.84. The van der Waals surface area contributed by atoms with E-state index in [2.05, 4.69) is 46.7 Å². The molecule has 1 saturated carbocycles. The Labute approximate surface area is 208 Å². The van der Waals surface area contributed by atoms with Gasteiger partial charge in [-0.25, -0.2) is 9.97 Å². The number of carbonyl (C=O) groups excluding carboxylic acids is 2. The Balaban J connectivity index is 1.51. The molecule has 0 radical (unpaired) electrons. The largest absolute Gasteiger partial charge is 0.416 e. The standard InChI is InChI=1S/C25H33F3N6O2/c1-14(35)31-20-12-16(33-24(2,3)4)6-8-21(20)34-10-9-19(23(34)36)32-22-17-11-15(25(26,27)28)5-7-18(17)29-13-30-22/h5,7,11,13,16,19-21,33H,6,8-10,12H2,1-4H3,(H,31,35)(H,29,30,32). The van der Waals surface area contributed by atoms with E-state index < -0.39 is 17.8 Å². The van der Waals surface area contributed by atoms with Crippen molar-refractivity contribution in [3.8, 4) is 0 Å². The molecular weight excluding hydrogens is 473 g/mol. The maximum atomic E-state index is 13.4. The molecule has 4 atom stereocenters. The van der Waals surface area contributed by atoms with Crippen molar-refractivity contribution in [1.82, 2.24) is 25.5 Å². The van der Waals surface area contributed by atoms with E-state index in [1.54, 1.807) is 4.90 Å². The topological polar surface area (TPSA) is 99.2 Å². The third-order valence-electron chi connectivity index (χ3n) is 6.75. The highest BCUT2D eigenvalue weighted by Crippen LogP contribution is 2.34. The summed E-state index contributed by atoms with van der Waals surface area (Å²) in [7, 11) is 0. The molecule has 2 aromatic rings. The SMILES string of the molecule is CC(=O)NC1CC(NC(C)(C)C)CCC1N1CCC(Nc2ncnc3ccc(C(F)(F)F)cc23)C1=O. The number of nitrogens with zero attached hydrogens (tertiary/aromatic N) is 3. The van der Waals surface area contributed by atoms with Crippen LogP contribution in [0.1, 0.15) is 58.9 Å². The number of halogens is 3. The van der Waals surface area contributed by atoms with Gasteiger partial charge in [-0.05, 0) is 64.7 Å². The molecule has 1 aliphatic carbocycles. The molecule has 2 aliphatic rings. The van der Waals surface area contributed by atoms with Crippen molar-refractivity contribution in [2.45, 2.75) is 89.3 Å². The molecule has 4 rings (SSSR count). The fourth-order valence-electron chi connectivity index (χ4n) is 5.37. The number of benzene rings is 1. The van der Waals surface area contributed by atoms with Gasteiger partial charge >= 0.3 is 6.18 Å². The molecule has 8 nitrogen and oxygen atoms in total. The van der Waals surface area contributed by atoms with E-state index in [-0.39, 0.29) is 46.7 Å². The highest BCUT2D eigenvalue weighted by Gasteiger charge is 2.42. The van der Waals surface area contributed by atoms with Gasteiger partial charge in [0.05, 0.1) is 23.2 Å². The van der Waals surface area contributed by atoms with Crippen molar-refractivity contribution in [3.63, 3.8) is 0 Å². The van der Waals surface area contributed by atoms with Gasteiger partial charge in [0, 0.05) is 30.4 Å². The summed E-state index contributed by atoms with van der Waals surface area (Å²) in [5.41, 5.74) is -0.507. The normalized spacial score (nSPS) is 25.3. The fraction of sp³-hybridized carbons (Fsp3) is 0.600. The van der Waals surface area contributed by atoms with E-state index in [4.69, 9.17) is 0 Å². The summed E-state index contributed by atoms with van der Waals surface area (Å²) >= 11 is 0. The Hall–Kier alpha value is -2.95. The summed E-state index contributed by atoms with van der Waals surface area (Å²) in [5, 5.41) is 9.91. The van der Waals surface area contributed by atoms with Crippen LogP contribution in [0.2, 0.25) is 0 Å². The molecule has 1 aromatic heterocycles. The molecule has 4 unspecified atom stereocenters. The third-order valence-corrected chi connectivity index (χ3v) is 6.75. The lowest BCUT2D eigenvalue weighted by Gasteiger charge is -2.43. The molecule has 2 fully saturated rings. The van der Waals surface area contributed by atoms with E-state index in [0.29, 0.717) is 24.9 Å². The third kappa shape index (κ3) is 5.88. The van der Waals surface area contributed by atoms with E-state index >= 15 is 0 Å².